The van der Waals surface area contributed by atoms with Gasteiger partial charge in [-0.1, -0.05) is 95.1 Å². The van der Waals surface area contributed by atoms with E-state index in [2.05, 4.69) is 46.4 Å². The summed E-state index contributed by atoms with van der Waals surface area (Å²) in [5, 5.41) is 3.12. The molecule has 0 saturated heterocycles. The number of aryl methyl sites for hydroxylation is 1. The Morgan fingerprint density at radius 2 is 1.64 bits per heavy atom. The van der Waals surface area contributed by atoms with Crippen molar-refractivity contribution in [3.8, 4) is 0 Å². The van der Waals surface area contributed by atoms with Crippen molar-refractivity contribution in [2.75, 3.05) is 5.75 Å². The summed E-state index contributed by atoms with van der Waals surface area (Å²) in [5.41, 5.74) is 4.42. The summed E-state index contributed by atoms with van der Waals surface area (Å²) in [6.07, 6.45) is 1.29. The van der Waals surface area contributed by atoms with Crippen LogP contribution in [0.15, 0.2) is 83.3 Å². The molecule has 0 bridgehead atoms. The molecule has 6 heteroatoms. The molecule has 4 nitrogen and oxygen atoms in total. The van der Waals surface area contributed by atoms with Crippen LogP contribution in [0.2, 0.25) is 0 Å². The Morgan fingerprint density at radius 3 is 2.33 bits per heavy atom. The highest BCUT2D eigenvalue weighted by Crippen LogP contribution is 2.20. The van der Waals surface area contributed by atoms with E-state index < -0.39 is 6.04 Å². The van der Waals surface area contributed by atoms with Gasteiger partial charge < -0.3 is 10.2 Å². The zero-order valence-electron chi connectivity index (χ0n) is 21.2. The van der Waals surface area contributed by atoms with E-state index in [1.165, 1.54) is 11.1 Å². The van der Waals surface area contributed by atoms with Crippen LogP contribution in [0.25, 0.3) is 0 Å². The van der Waals surface area contributed by atoms with Crippen molar-refractivity contribution in [3.05, 3.63) is 106 Å². The van der Waals surface area contributed by atoms with Crippen LogP contribution >= 0.6 is 27.7 Å². The van der Waals surface area contributed by atoms with E-state index in [-0.39, 0.29) is 17.9 Å². The number of hydrogen-bond acceptors (Lipinski definition) is 3. The van der Waals surface area contributed by atoms with Gasteiger partial charge in [0.2, 0.25) is 11.8 Å². The highest BCUT2D eigenvalue weighted by Gasteiger charge is 2.30. The molecule has 0 aliphatic rings. The van der Waals surface area contributed by atoms with Gasteiger partial charge in [-0.2, -0.15) is 0 Å². The first-order chi connectivity index (χ1) is 17.4. The first-order valence-electron chi connectivity index (χ1n) is 12.4. The largest absolute Gasteiger partial charge is 0.352 e. The maximum atomic E-state index is 13.7. The SMILES string of the molecule is CC[C@H](C)NC(=O)[C@H](Cc1ccccc1)N(Cc1cccc(Br)c1)C(=O)CSCc1cccc(C)c1. The van der Waals surface area contributed by atoms with Gasteiger partial charge >= 0.3 is 0 Å². The van der Waals surface area contributed by atoms with Gasteiger partial charge in [-0.3, -0.25) is 9.59 Å². The quantitative estimate of drug-likeness (QED) is 0.270. The first-order valence-corrected chi connectivity index (χ1v) is 14.3. The second kappa shape index (κ2) is 14.2. The molecule has 3 rings (SSSR count). The molecule has 190 valence electrons. The van der Waals surface area contributed by atoms with Crippen molar-refractivity contribution in [2.45, 2.75) is 58.0 Å². The molecule has 3 aromatic carbocycles. The zero-order valence-corrected chi connectivity index (χ0v) is 23.6. The number of thioether (sulfide) groups is 1. The van der Waals surface area contributed by atoms with Crippen molar-refractivity contribution in [2.24, 2.45) is 0 Å². The molecule has 36 heavy (non-hydrogen) atoms. The molecule has 2 amide bonds. The summed E-state index contributed by atoms with van der Waals surface area (Å²) in [6.45, 7) is 6.48. The van der Waals surface area contributed by atoms with Gasteiger partial charge in [0, 0.05) is 29.2 Å². The van der Waals surface area contributed by atoms with Gasteiger partial charge in [-0.15, -0.1) is 11.8 Å². The van der Waals surface area contributed by atoms with Crippen LogP contribution in [-0.2, 0) is 28.3 Å². The van der Waals surface area contributed by atoms with Crippen molar-refractivity contribution >= 4 is 39.5 Å². The third-order valence-electron chi connectivity index (χ3n) is 6.09. The van der Waals surface area contributed by atoms with E-state index in [0.717, 1.165) is 27.8 Å². The van der Waals surface area contributed by atoms with E-state index in [9.17, 15) is 9.59 Å². The Labute approximate surface area is 228 Å². The van der Waals surface area contributed by atoms with Crippen LogP contribution in [0.1, 0.15) is 42.5 Å². The van der Waals surface area contributed by atoms with E-state index in [0.29, 0.717) is 18.7 Å². The predicted molar refractivity (Wildman–Crippen MR) is 154 cm³/mol. The highest BCUT2D eigenvalue weighted by atomic mass is 79.9. The number of nitrogens with one attached hydrogen (secondary N) is 1. The van der Waals surface area contributed by atoms with Gasteiger partial charge in [0.15, 0.2) is 0 Å². The first kappa shape index (κ1) is 28.0. The summed E-state index contributed by atoms with van der Waals surface area (Å²) in [4.78, 5) is 29.0. The fourth-order valence-corrected chi connectivity index (χ4v) is 5.27. The Kier molecular flexibility index (Phi) is 11.1. The second-order valence-corrected chi connectivity index (χ2v) is 11.1. The average Bonchev–Trinajstić information content (AvgIpc) is 2.86. The van der Waals surface area contributed by atoms with Crippen LogP contribution in [0.4, 0.5) is 0 Å². The number of benzene rings is 3. The van der Waals surface area contributed by atoms with E-state index >= 15 is 0 Å². The summed E-state index contributed by atoms with van der Waals surface area (Å²) < 4.78 is 0.949. The number of hydrogen-bond donors (Lipinski definition) is 1. The second-order valence-electron chi connectivity index (χ2n) is 9.16. The third-order valence-corrected chi connectivity index (χ3v) is 7.57. The lowest BCUT2D eigenvalue weighted by atomic mass is 10.0. The Hall–Kier alpha value is -2.57. The lowest BCUT2D eigenvalue weighted by Crippen LogP contribution is -2.52. The number of nitrogens with zero attached hydrogens (tertiary/aromatic N) is 1. The smallest absolute Gasteiger partial charge is 0.243 e. The van der Waals surface area contributed by atoms with Gasteiger partial charge in [0.25, 0.3) is 0 Å². The molecule has 0 saturated carbocycles. The molecule has 0 aliphatic carbocycles. The minimum Gasteiger partial charge on any atom is -0.352 e. The topological polar surface area (TPSA) is 49.4 Å². The number of halogens is 1. The molecule has 0 heterocycles. The van der Waals surface area contributed by atoms with Crippen LogP contribution in [0.3, 0.4) is 0 Å². The van der Waals surface area contributed by atoms with Gasteiger partial charge in [-0.25, -0.2) is 0 Å². The highest BCUT2D eigenvalue weighted by molar-refractivity contribution is 9.10. The van der Waals surface area contributed by atoms with E-state index in [1.807, 2.05) is 74.5 Å². The zero-order chi connectivity index (χ0) is 25.9. The minimum atomic E-state index is -0.604. The standard InChI is InChI=1S/C30H35BrN2O2S/c1-4-23(3)32-30(35)28(18-24-11-6-5-7-12-24)33(19-25-13-9-15-27(31)17-25)29(34)21-36-20-26-14-8-10-22(2)16-26/h5-17,23,28H,4,18-21H2,1-3H3,(H,32,35)/t23-,28-/m0/s1. The monoisotopic (exact) mass is 566 g/mol. The number of carbonyl (C=O) groups excluding carboxylic acids is 2. The van der Waals surface area contributed by atoms with Crippen molar-refractivity contribution < 1.29 is 9.59 Å². The van der Waals surface area contributed by atoms with Gasteiger partial charge in [0.1, 0.15) is 6.04 Å². The van der Waals surface area contributed by atoms with Gasteiger partial charge in [0.05, 0.1) is 5.75 Å². The molecule has 1 N–H and O–H groups in total. The van der Waals surface area contributed by atoms with Crippen LogP contribution in [0.5, 0.6) is 0 Å². The number of carbonyl (C=O) groups is 2. The van der Waals surface area contributed by atoms with Gasteiger partial charge in [-0.05, 0) is 49.1 Å². The van der Waals surface area contributed by atoms with E-state index in [4.69, 9.17) is 0 Å². The number of amides is 2. The van der Waals surface area contributed by atoms with Crippen molar-refractivity contribution in [3.63, 3.8) is 0 Å². The Bertz CT molecular complexity index is 1140. The summed E-state index contributed by atoms with van der Waals surface area (Å²) in [6, 6.07) is 25.6. The molecular weight excluding hydrogens is 532 g/mol. The van der Waals surface area contributed by atoms with Crippen molar-refractivity contribution in [1.29, 1.82) is 0 Å². The molecule has 0 radical (unpaired) electrons. The molecule has 0 spiro atoms. The minimum absolute atomic E-state index is 0.0344. The van der Waals surface area contributed by atoms with Crippen LogP contribution in [0, 0.1) is 6.92 Å². The van der Waals surface area contributed by atoms with Crippen LogP contribution in [-0.4, -0.2) is 34.6 Å². The normalized spacial score (nSPS) is 12.6. The molecule has 0 aromatic heterocycles. The fraction of sp³-hybridized carbons (Fsp3) is 0.333. The lowest BCUT2D eigenvalue weighted by molar-refractivity contribution is -0.139. The molecule has 0 aliphatic heterocycles. The maximum Gasteiger partial charge on any atom is 0.243 e. The fourth-order valence-electron chi connectivity index (χ4n) is 3.97. The Morgan fingerprint density at radius 1 is 0.944 bits per heavy atom. The summed E-state index contributed by atoms with van der Waals surface area (Å²) >= 11 is 5.12. The molecule has 0 unspecified atom stereocenters. The Balaban J connectivity index is 1.85. The molecular formula is C30H35BrN2O2S. The molecule has 2 atom stereocenters. The molecule has 3 aromatic rings. The third kappa shape index (κ3) is 8.82. The van der Waals surface area contributed by atoms with Crippen LogP contribution < -0.4 is 5.32 Å². The molecule has 0 fully saturated rings. The van der Waals surface area contributed by atoms with E-state index in [1.54, 1.807) is 16.7 Å². The summed E-state index contributed by atoms with van der Waals surface area (Å²) in [5.74, 6) is 0.915. The number of rotatable bonds is 12. The van der Waals surface area contributed by atoms with Crippen molar-refractivity contribution in [1.82, 2.24) is 10.2 Å². The maximum absolute atomic E-state index is 13.7. The lowest BCUT2D eigenvalue weighted by Gasteiger charge is -2.32. The summed E-state index contributed by atoms with van der Waals surface area (Å²) in [7, 11) is 0. The average molecular weight is 568 g/mol. The predicted octanol–water partition coefficient (Wildman–Crippen LogP) is 6.55.